The van der Waals surface area contributed by atoms with Crippen molar-refractivity contribution in [1.82, 2.24) is 0 Å². The zero-order chi connectivity index (χ0) is 13.4. The fraction of sp³-hybridized carbons (Fsp3) is 0.571. The predicted octanol–water partition coefficient (Wildman–Crippen LogP) is 2.00. The van der Waals surface area contributed by atoms with Crippen LogP contribution in [0.25, 0.3) is 0 Å². The lowest BCUT2D eigenvalue weighted by atomic mass is 10.1. The van der Waals surface area contributed by atoms with Crippen LogP contribution in [0, 0.1) is 0 Å². The molecule has 0 saturated carbocycles. The van der Waals surface area contributed by atoms with Crippen LogP contribution < -0.4 is 15.2 Å². The highest BCUT2D eigenvalue weighted by molar-refractivity contribution is 5.46. The van der Waals surface area contributed by atoms with Crippen molar-refractivity contribution in [2.45, 2.75) is 26.4 Å². The van der Waals surface area contributed by atoms with Crippen LogP contribution in [0.5, 0.6) is 11.5 Å². The molecule has 0 heterocycles. The first-order chi connectivity index (χ1) is 8.72. The summed E-state index contributed by atoms with van der Waals surface area (Å²) in [5, 5.41) is 0. The van der Waals surface area contributed by atoms with Crippen LogP contribution in [-0.2, 0) is 11.2 Å². The molecule has 1 rings (SSSR count). The highest BCUT2D eigenvalue weighted by Gasteiger charge is 2.12. The second kappa shape index (κ2) is 7.95. The van der Waals surface area contributed by atoms with E-state index >= 15 is 0 Å². The van der Waals surface area contributed by atoms with Gasteiger partial charge in [-0.3, -0.25) is 0 Å². The fourth-order valence-electron chi connectivity index (χ4n) is 1.62. The van der Waals surface area contributed by atoms with Gasteiger partial charge in [-0.15, -0.1) is 0 Å². The molecular formula is C14H23NO3. The number of rotatable bonds is 8. The second-order valence-electron chi connectivity index (χ2n) is 4.07. The molecule has 1 aromatic rings. The first-order valence-electron chi connectivity index (χ1n) is 6.33. The number of methoxy groups -OCH3 is 1. The summed E-state index contributed by atoms with van der Waals surface area (Å²) in [6.07, 6.45) is 0.822. The quantitative estimate of drug-likeness (QED) is 0.770. The van der Waals surface area contributed by atoms with E-state index in [1.54, 1.807) is 7.11 Å². The highest BCUT2D eigenvalue weighted by Crippen LogP contribution is 2.31. The Morgan fingerprint density at radius 3 is 2.67 bits per heavy atom. The largest absolute Gasteiger partial charge is 0.490 e. The average molecular weight is 253 g/mol. The number of hydrogen-bond acceptors (Lipinski definition) is 4. The number of nitrogens with two attached hydrogens (primary N) is 1. The number of ether oxygens (including phenoxy) is 3. The Labute approximate surface area is 109 Å². The second-order valence-corrected chi connectivity index (χ2v) is 4.07. The zero-order valence-corrected chi connectivity index (χ0v) is 11.4. The first kappa shape index (κ1) is 14.8. The number of hydrogen-bond donors (Lipinski definition) is 1. The van der Waals surface area contributed by atoms with Gasteiger partial charge < -0.3 is 19.9 Å². The topological polar surface area (TPSA) is 53.7 Å². The Bertz CT molecular complexity index is 331. The summed E-state index contributed by atoms with van der Waals surface area (Å²) >= 11 is 0. The first-order valence-corrected chi connectivity index (χ1v) is 6.33. The molecule has 0 aliphatic rings. The van der Waals surface area contributed by atoms with Crippen molar-refractivity contribution in [1.29, 1.82) is 0 Å². The molecule has 0 bridgehead atoms. The number of para-hydroxylation sites is 1. The molecule has 0 aromatic heterocycles. The molecule has 0 saturated heterocycles. The van der Waals surface area contributed by atoms with E-state index < -0.39 is 0 Å². The van der Waals surface area contributed by atoms with Gasteiger partial charge in [0.05, 0.1) is 12.7 Å². The summed E-state index contributed by atoms with van der Waals surface area (Å²) in [4.78, 5) is 0. The van der Waals surface area contributed by atoms with E-state index in [-0.39, 0.29) is 6.10 Å². The van der Waals surface area contributed by atoms with Gasteiger partial charge in [-0.1, -0.05) is 12.1 Å². The Morgan fingerprint density at radius 1 is 1.28 bits per heavy atom. The minimum atomic E-state index is 0.0467. The van der Waals surface area contributed by atoms with Gasteiger partial charge in [-0.05, 0) is 38.4 Å². The van der Waals surface area contributed by atoms with Crippen molar-refractivity contribution in [3.05, 3.63) is 23.8 Å². The third kappa shape index (κ3) is 4.20. The van der Waals surface area contributed by atoms with Gasteiger partial charge in [0.15, 0.2) is 11.5 Å². The Morgan fingerprint density at radius 2 is 2.06 bits per heavy atom. The van der Waals surface area contributed by atoms with E-state index in [0.29, 0.717) is 19.8 Å². The SMILES string of the molecule is CCOc1cccc(CCN)c1OCC(C)OC. The fourth-order valence-corrected chi connectivity index (χ4v) is 1.62. The molecule has 1 aromatic carbocycles. The van der Waals surface area contributed by atoms with Crippen LogP contribution in [0.3, 0.4) is 0 Å². The summed E-state index contributed by atoms with van der Waals surface area (Å²) in [7, 11) is 1.67. The van der Waals surface area contributed by atoms with E-state index in [1.165, 1.54) is 0 Å². The lowest BCUT2D eigenvalue weighted by Gasteiger charge is -2.17. The highest BCUT2D eigenvalue weighted by atomic mass is 16.5. The van der Waals surface area contributed by atoms with Crippen molar-refractivity contribution < 1.29 is 14.2 Å². The van der Waals surface area contributed by atoms with Crippen LogP contribution in [0.1, 0.15) is 19.4 Å². The van der Waals surface area contributed by atoms with Crippen molar-refractivity contribution in [3.63, 3.8) is 0 Å². The molecule has 0 spiro atoms. The van der Waals surface area contributed by atoms with Gasteiger partial charge in [0, 0.05) is 7.11 Å². The predicted molar refractivity (Wildman–Crippen MR) is 72.3 cm³/mol. The van der Waals surface area contributed by atoms with Crippen LogP contribution in [0.15, 0.2) is 18.2 Å². The lowest BCUT2D eigenvalue weighted by molar-refractivity contribution is 0.0699. The molecule has 0 fully saturated rings. The van der Waals surface area contributed by atoms with Crippen LogP contribution in [0.2, 0.25) is 0 Å². The van der Waals surface area contributed by atoms with E-state index in [0.717, 1.165) is 23.5 Å². The minimum absolute atomic E-state index is 0.0467. The zero-order valence-electron chi connectivity index (χ0n) is 11.4. The monoisotopic (exact) mass is 253 g/mol. The standard InChI is InChI=1S/C14H23NO3/c1-4-17-13-7-5-6-12(8-9-15)14(13)18-10-11(2)16-3/h5-7,11H,4,8-10,15H2,1-3H3. The molecule has 1 atom stereocenters. The summed E-state index contributed by atoms with van der Waals surface area (Å²) in [5.41, 5.74) is 6.69. The third-order valence-electron chi connectivity index (χ3n) is 2.64. The maximum absolute atomic E-state index is 5.82. The van der Waals surface area contributed by atoms with E-state index in [4.69, 9.17) is 19.9 Å². The maximum atomic E-state index is 5.82. The van der Waals surface area contributed by atoms with Crippen molar-refractivity contribution in [2.24, 2.45) is 5.73 Å². The summed E-state index contributed by atoms with van der Waals surface area (Å²) in [6, 6.07) is 5.89. The van der Waals surface area contributed by atoms with Gasteiger partial charge in [0.1, 0.15) is 6.61 Å². The molecule has 0 aliphatic carbocycles. The molecule has 0 amide bonds. The summed E-state index contributed by atoms with van der Waals surface area (Å²) in [6.45, 7) is 5.62. The number of benzene rings is 1. The van der Waals surface area contributed by atoms with Crippen molar-refractivity contribution in [3.8, 4) is 11.5 Å². The molecule has 1 unspecified atom stereocenters. The van der Waals surface area contributed by atoms with Gasteiger partial charge in [0.25, 0.3) is 0 Å². The summed E-state index contributed by atoms with van der Waals surface area (Å²) in [5.74, 6) is 1.56. The molecule has 18 heavy (non-hydrogen) atoms. The molecule has 0 aliphatic heterocycles. The van der Waals surface area contributed by atoms with E-state index in [1.807, 2.05) is 32.0 Å². The molecular weight excluding hydrogens is 230 g/mol. The maximum Gasteiger partial charge on any atom is 0.164 e. The van der Waals surface area contributed by atoms with Crippen molar-refractivity contribution in [2.75, 3.05) is 26.9 Å². The van der Waals surface area contributed by atoms with E-state index in [9.17, 15) is 0 Å². The minimum Gasteiger partial charge on any atom is -0.490 e. The normalized spacial score (nSPS) is 12.2. The van der Waals surface area contributed by atoms with Crippen LogP contribution >= 0.6 is 0 Å². The third-order valence-corrected chi connectivity index (χ3v) is 2.64. The van der Waals surface area contributed by atoms with Crippen molar-refractivity contribution >= 4 is 0 Å². The molecule has 2 N–H and O–H groups in total. The average Bonchev–Trinajstić information content (AvgIpc) is 2.38. The molecule has 4 heteroatoms. The molecule has 0 radical (unpaired) electrons. The molecule has 102 valence electrons. The van der Waals surface area contributed by atoms with Gasteiger partial charge >= 0.3 is 0 Å². The van der Waals surface area contributed by atoms with Crippen LogP contribution in [0.4, 0.5) is 0 Å². The van der Waals surface area contributed by atoms with Gasteiger partial charge in [-0.25, -0.2) is 0 Å². The van der Waals surface area contributed by atoms with Gasteiger partial charge in [0.2, 0.25) is 0 Å². The van der Waals surface area contributed by atoms with E-state index in [2.05, 4.69) is 0 Å². The van der Waals surface area contributed by atoms with Crippen LogP contribution in [-0.4, -0.2) is 33.0 Å². The smallest absolute Gasteiger partial charge is 0.164 e. The Kier molecular flexibility index (Phi) is 6.54. The molecule has 4 nitrogen and oxygen atoms in total. The van der Waals surface area contributed by atoms with Gasteiger partial charge in [-0.2, -0.15) is 0 Å². The summed E-state index contributed by atoms with van der Waals surface area (Å²) < 4.78 is 16.6. The lowest BCUT2D eigenvalue weighted by Crippen LogP contribution is -2.17. The Balaban J connectivity index is 2.87. The Hall–Kier alpha value is -1.26.